The molecule has 4 aromatic rings. The van der Waals surface area contributed by atoms with Gasteiger partial charge in [0.25, 0.3) is 0 Å². The number of carbonyl (C=O) groups excluding carboxylic acids is 2. The summed E-state index contributed by atoms with van der Waals surface area (Å²) in [6, 6.07) is 11.3. The zero-order chi connectivity index (χ0) is 31.6. The second kappa shape index (κ2) is 11.4. The molecule has 2 aromatic carbocycles. The lowest BCUT2D eigenvalue weighted by Crippen LogP contribution is -2.56. The van der Waals surface area contributed by atoms with Gasteiger partial charge in [-0.15, -0.1) is 0 Å². The van der Waals surface area contributed by atoms with Crippen LogP contribution in [0.1, 0.15) is 51.9 Å². The number of aromatic nitrogens is 3. The van der Waals surface area contributed by atoms with Crippen molar-refractivity contribution in [2.45, 2.75) is 69.5 Å². The minimum Gasteiger partial charge on any atom is -0.461 e. The largest absolute Gasteiger partial charge is 0.461 e. The Morgan fingerprint density at radius 1 is 1.04 bits per heavy atom. The number of pyridine rings is 1. The van der Waals surface area contributed by atoms with Gasteiger partial charge in [-0.2, -0.15) is 9.97 Å². The molecule has 4 aliphatic heterocycles. The molecule has 1 amide bonds. The van der Waals surface area contributed by atoms with Crippen molar-refractivity contribution < 1.29 is 18.7 Å². The minimum atomic E-state index is -0.557. The van der Waals surface area contributed by atoms with Crippen LogP contribution >= 0.6 is 11.6 Å². The highest BCUT2D eigenvalue weighted by Crippen LogP contribution is 2.41. The van der Waals surface area contributed by atoms with E-state index in [-0.39, 0.29) is 53.0 Å². The number of halogens is 2. The monoisotopic (exact) mass is 642 g/mol. The Labute approximate surface area is 271 Å². The zero-order valence-corrected chi connectivity index (χ0v) is 26.6. The van der Waals surface area contributed by atoms with Gasteiger partial charge >= 0.3 is 6.01 Å². The first-order chi connectivity index (χ1) is 22.3. The van der Waals surface area contributed by atoms with Crippen LogP contribution in [0.25, 0.3) is 32.9 Å². The number of carbonyl (C=O) groups is 2. The van der Waals surface area contributed by atoms with Crippen molar-refractivity contribution in [3.63, 3.8) is 0 Å². The van der Waals surface area contributed by atoms with E-state index in [1.807, 2.05) is 35.2 Å². The first kappa shape index (κ1) is 29.5. The minimum absolute atomic E-state index is 0.0259. The van der Waals surface area contributed by atoms with E-state index >= 15 is 4.39 Å². The molecule has 2 atom stereocenters. The predicted molar refractivity (Wildman–Crippen MR) is 175 cm³/mol. The summed E-state index contributed by atoms with van der Waals surface area (Å²) >= 11 is 6.62. The van der Waals surface area contributed by atoms with Crippen molar-refractivity contribution in [2.24, 2.45) is 0 Å². The molecule has 0 radical (unpaired) electrons. The lowest BCUT2D eigenvalue weighted by molar-refractivity contribution is -0.137. The third-order valence-corrected chi connectivity index (χ3v) is 10.8. The van der Waals surface area contributed by atoms with Gasteiger partial charge in [-0.3, -0.25) is 19.5 Å². The number of anilines is 1. The molecule has 0 N–H and O–H groups in total. The average Bonchev–Trinajstić information content (AvgIpc) is 3.70. The summed E-state index contributed by atoms with van der Waals surface area (Å²) in [5.41, 5.74) is 0.871. The Hall–Kier alpha value is -3.89. The number of nitrogens with zero attached hydrogens (tertiary/aromatic N) is 6. The number of Topliss-reactive ketones (excluding diaryl/α,β-unsaturated/α-hetero) is 1. The fraction of sp³-hybridized carbons (Fsp3) is 0.457. The predicted octanol–water partition coefficient (Wildman–Crippen LogP) is 5.80. The van der Waals surface area contributed by atoms with Crippen molar-refractivity contribution in [2.75, 3.05) is 37.7 Å². The number of hydrogen-bond donors (Lipinski definition) is 0. The Balaban J connectivity index is 1.21. The zero-order valence-electron chi connectivity index (χ0n) is 25.8. The van der Waals surface area contributed by atoms with Gasteiger partial charge < -0.3 is 14.5 Å². The number of hydrogen-bond acceptors (Lipinski definition) is 8. The first-order valence-corrected chi connectivity index (χ1v) is 16.7. The van der Waals surface area contributed by atoms with E-state index in [2.05, 4.69) is 14.8 Å². The van der Waals surface area contributed by atoms with Gasteiger partial charge in [0.15, 0.2) is 5.82 Å². The maximum atomic E-state index is 16.8. The lowest BCUT2D eigenvalue weighted by atomic mass is 9.95. The number of ketones is 1. The second-order valence-corrected chi connectivity index (χ2v) is 13.7. The van der Waals surface area contributed by atoms with E-state index in [1.54, 1.807) is 12.3 Å². The first-order valence-electron chi connectivity index (χ1n) is 16.3. The molecule has 4 fully saturated rings. The molecule has 11 heteroatoms. The molecule has 4 saturated heterocycles. The van der Waals surface area contributed by atoms with Gasteiger partial charge in [0, 0.05) is 47.3 Å². The van der Waals surface area contributed by atoms with Crippen LogP contribution in [0, 0.1) is 5.82 Å². The molecule has 0 spiro atoms. The summed E-state index contributed by atoms with van der Waals surface area (Å²) in [7, 11) is 0. The highest BCUT2D eigenvalue weighted by atomic mass is 35.5. The van der Waals surface area contributed by atoms with Crippen molar-refractivity contribution in [1.82, 2.24) is 24.8 Å². The fourth-order valence-corrected chi connectivity index (χ4v) is 8.74. The molecule has 9 nitrogen and oxygen atoms in total. The maximum absolute atomic E-state index is 16.8. The normalized spacial score (nSPS) is 22.2. The van der Waals surface area contributed by atoms with Crippen LogP contribution < -0.4 is 9.64 Å². The van der Waals surface area contributed by atoms with Gasteiger partial charge in [0.1, 0.15) is 29.4 Å². The van der Waals surface area contributed by atoms with Crippen LogP contribution in [0.4, 0.5) is 10.2 Å². The Morgan fingerprint density at radius 3 is 2.48 bits per heavy atom. The van der Waals surface area contributed by atoms with E-state index < -0.39 is 5.82 Å². The molecule has 8 rings (SSSR count). The van der Waals surface area contributed by atoms with Crippen molar-refractivity contribution >= 4 is 50.8 Å². The van der Waals surface area contributed by atoms with E-state index in [0.717, 1.165) is 62.4 Å². The van der Waals surface area contributed by atoms with Gasteiger partial charge in [0.05, 0.1) is 17.3 Å². The molecular formula is C35H36ClFN6O3. The van der Waals surface area contributed by atoms with E-state index in [4.69, 9.17) is 26.3 Å². The summed E-state index contributed by atoms with van der Waals surface area (Å²) in [5, 5.41) is 2.63. The summed E-state index contributed by atoms with van der Waals surface area (Å²) in [6.07, 6.45) is 7.65. The van der Waals surface area contributed by atoms with E-state index in [0.29, 0.717) is 41.5 Å². The molecule has 46 heavy (non-hydrogen) atoms. The van der Waals surface area contributed by atoms with Crippen LogP contribution in [0.3, 0.4) is 0 Å². The van der Waals surface area contributed by atoms with E-state index in [9.17, 15) is 9.59 Å². The van der Waals surface area contributed by atoms with Crippen molar-refractivity contribution in [1.29, 1.82) is 0 Å². The number of amides is 1. The van der Waals surface area contributed by atoms with Crippen molar-refractivity contribution in [3.05, 3.63) is 53.4 Å². The highest BCUT2D eigenvalue weighted by Gasteiger charge is 2.46. The van der Waals surface area contributed by atoms with Gasteiger partial charge in [-0.1, -0.05) is 41.9 Å². The topological polar surface area (TPSA) is 91.8 Å². The van der Waals surface area contributed by atoms with Gasteiger partial charge in [-0.25, -0.2) is 4.39 Å². The molecular weight excluding hydrogens is 607 g/mol. The smallest absolute Gasteiger partial charge is 0.319 e. The van der Waals surface area contributed by atoms with Gasteiger partial charge in [-0.05, 0) is 70.0 Å². The molecule has 0 saturated carbocycles. The molecule has 6 heterocycles. The van der Waals surface area contributed by atoms with Crippen LogP contribution in [0.5, 0.6) is 6.01 Å². The molecule has 4 aliphatic rings. The number of fused-ring (bicyclic) bond motifs is 5. The average molecular weight is 643 g/mol. The molecule has 0 aliphatic carbocycles. The number of benzene rings is 2. The molecule has 2 bridgehead atoms. The van der Waals surface area contributed by atoms with E-state index in [1.165, 1.54) is 6.92 Å². The Kier molecular flexibility index (Phi) is 7.32. The molecule has 238 valence electrons. The fourth-order valence-electron chi connectivity index (χ4n) is 8.45. The third-order valence-electron chi connectivity index (χ3n) is 10.5. The summed E-state index contributed by atoms with van der Waals surface area (Å²) in [4.78, 5) is 45.5. The number of rotatable bonds is 7. The summed E-state index contributed by atoms with van der Waals surface area (Å²) in [5.74, 6) is -0.267. The molecule has 2 aromatic heterocycles. The SMILES string of the molecule is CC(=O)CC(=O)N1C2CCC1CN(c1nc(OCC34CCCN3CCC4)nc3c(F)c(-c4cccc5cccc(Cl)c45)ncc13)C2. The van der Waals surface area contributed by atoms with Gasteiger partial charge in [0.2, 0.25) is 5.91 Å². The maximum Gasteiger partial charge on any atom is 0.319 e. The van der Waals surface area contributed by atoms with Crippen molar-refractivity contribution in [3.8, 4) is 17.3 Å². The summed E-state index contributed by atoms with van der Waals surface area (Å²) < 4.78 is 23.2. The van der Waals surface area contributed by atoms with Crippen LogP contribution in [0.15, 0.2) is 42.6 Å². The number of ether oxygens (including phenoxy) is 1. The third kappa shape index (κ3) is 4.88. The molecule has 2 unspecified atom stereocenters. The highest BCUT2D eigenvalue weighted by molar-refractivity contribution is 6.36. The standard InChI is InChI=1S/C35H36ClFN6O3/c1-21(44)16-28(45)43-23-10-11-24(43)19-41(18-23)33-26-17-38-31(25-8-2-6-22-7-3-9-27(36)29(22)25)30(37)32(26)39-34(40-33)46-20-35-12-4-14-42(35)15-5-13-35/h2-3,6-9,17,23-24H,4-5,10-16,18-20H2,1H3. The number of piperazine rings is 1. The Bertz CT molecular complexity index is 1860. The summed E-state index contributed by atoms with van der Waals surface area (Å²) in [6.45, 7) is 5.08. The van der Waals surface area contributed by atoms with Crippen LogP contribution in [-0.2, 0) is 9.59 Å². The van der Waals surface area contributed by atoms with Crippen LogP contribution in [0.2, 0.25) is 5.02 Å². The second-order valence-electron chi connectivity index (χ2n) is 13.3. The lowest BCUT2D eigenvalue weighted by Gasteiger charge is -2.41. The quantitative estimate of drug-likeness (QED) is 0.234. The van der Waals surface area contributed by atoms with Crippen LogP contribution in [-0.4, -0.2) is 86.9 Å². The Morgan fingerprint density at radius 2 is 1.76 bits per heavy atom.